The third-order valence-electron chi connectivity index (χ3n) is 5.29. The highest BCUT2D eigenvalue weighted by Crippen LogP contribution is 2.37. The van der Waals surface area contributed by atoms with Crippen molar-refractivity contribution < 1.29 is 4.74 Å². The van der Waals surface area contributed by atoms with Crippen LogP contribution in [0.5, 0.6) is 5.75 Å². The molecule has 1 saturated carbocycles. The molecule has 0 radical (unpaired) electrons. The van der Waals surface area contributed by atoms with E-state index in [1.807, 2.05) is 0 Å². The van der Waals surface area contributed by atoms with E-state index in [0.29, 0.717) is 5.92 Å². The van der Waals surface area contributed by atoms with E-state index in [9.17, 15) is 0 Å². The van der Waals surface area contributed by atoms with E-state index >= 15 is 0 Å². The van der Waals surface area contributed by atoms with Crippen molar-refractivity contribution in [1.29, 1.82) is 0 Å². The quantitative estimate of drug-likeness (QED) is 0.868. The molecule has 1 heterocycles. The van der Waals surface area contributed by atoms with Crippen molar-refractivity contribution >= 4 is 15.9 Å². The smallest absolute Gasteiger partial charge is 0.125 e. The standard InChI is InChI=1S/C18H26BrNO/c1-2-12-4-3-5-13(8-12)17(20)11-15-10-16(19)9-14-6-7-21-18(14)15/h9-10,12-13,17H,2-8,11,20H2,1H3. The van der Waals surface area contributed by atoms with E-state index in [4.69, 9.17) is 10.5 Å². The summed E-state index contributed by atoms with van der Waals surface area (Å²) in [6, 6.07) is 4.65. The summed E-state index contributed by atoms with van der Waals surface area (Å²) >= 11 is 3.63. The number of ether oxygens (including phenoxy) is 1. The molecular weight excluding hydrogens is 326 g/mol. The Hall–Kier alpha value is -0.540. The second kappa shape index (κ2) is 6.70. The molecule has 1 aliphatic heterocycles. The minimum Gasteiger partial charge on any atom is -0.493 e. The van der Waals surface area contributed by atoms with Crippen LogP contribution in [-0.2, 0) is 12.8 Å². The lowest BCUT2D eigenvalue weighted by Gasteiger charge is -2.32. The van der Waals surface area contributed by atoms with E-state index in [1.165, 1.54) is 43.2 Å². The third kappa shape index (κ3) is 3.45. The lowest BCUT2D eigenvalue weighted by Crippen LogP contribution is -2.35. The molecule has 3 atom stereocenters. The van der Waals surface area contributed by atoms with Crippen LogP contribution in [0, 0.1) is 11.8 Å². The van der Waals surface area contributed by atoms with Crippen LogP contribution in [0.25, 0.3) is 0 Å². The van der Waals surface area contributed by atoms with Crippen molar-refractivity contribution in [3.8, 4) is 5.75 Å². The molecule has 0 aromatic heterocycles. The molecule has 2 nitrogen and oxygen atoms in total. The number of fused-ring (bicyclic) bond motifs is 1. The summed E-state index contributed by atoms with van der Waals surface area (Å²) in [5.41, 5.74) is 9.20. The summed E-state index contributed by atoms with van der Waals surface area (Å²) in [6.45, 7) is 3.13. The molecule has 0 bridgehead atoms. The predicted octanol–water partition coefficient (Wildman–Crippen LogP) is 4.47. The molecule has 0 amide bonds. The summed E-state index contributed by atoms with van der Waals surface area (Å²) in [5, 5.41) is 0. The van der Waals surface area contributed by atoms with Gasteiger partial charge in [-0.25, -0.2) is 0 Å². The first-order chi connectivity index (χ1) is 10.2. The molecule has 3 unspecified atom stereocenters. The SMILES string of the molecule is CCC1CCCC(C(N)Cc2cc(Br)cc3c2OCC3)C1. The highest BCUT2D eigenvalue weighted by molar-refractivity contribution is 9.10. The van der Waals surface area contributed by atoms with Crippen molar-refractivity contribution in [1.82, 2.24) is 0 Å². The fourth-order valence-electron chi connectivity index (χ4n) is 4.01. The van der Waals surface area contributed by atoms with Crippen LogP contribution < -0.4 is 10.5 Å². The van der Waals surface area contributed by atoms with E-state index in [-0.39, 0.29) is 6.04 Å². The third-order valence-corrected chi connectivity index (χ3v) is 5.75. The van der Waals surface area contributed by atoms with Crippen LogP contribution in [0.2, 0.25) is 0 Å². The van der Waals surface area contributed by atoms with E-state index in [2.05, 4.69) is 35.0 Å². The molecule has 3 rings (SSSR count). The Kier molecular flexibility index (Phi) is 4.90. The normalized spacial score (nSPS) is 26.2. The Morgan fingerprint density at radius 3 is 3.05 bits per heavy atom. The first-order valence-corrected chi connectivity index (χ1v) is 9.16. The second-order valence-corrected chi connectivity index (χ2v) is 7.64. The van der Waals surface area contributed by atoms with Gasteiger partial charge < -0.3 is 10.5 Å². The van der Waals surface area contributed by atoms with Gasteiger partial charge in [-0.1, -0.05) is 42.1 Å². The maximum atomic E-state index is 6.57. The fraction of sp³-hybridized carbons (Fsp3) is 0.667. The van der Waals surface area contributed by atoms with E-state index in [1.54, 1.807) is 0 Å². The van der Waals surface area contributed by atoms with E-state index in [0.717, 1.165) is 35.6 Å². The van der Waals surface area contributed by atoms with Gasteiger partial charge >= 0.3 is 0 Å². The fourth-order valence-corrected chi connectivity index (χ4v) is 4.56. The van der Waals surface area contributed by atoms with Gasteiger partial charge in [-0.05, 0) is 54.4 Å². The largest absolute Gasteiger partial charge is 0.493 e. The van der Waals surface area contributed by atoms with Crippen LogP contribution in [0.3, 0.4) is 0 Å². The lowest BCUT2D eigenvalue weighted by molar-refractivity contribution is 0.227. The van der Waals surface area contributed by atoms with Crippen LogP contribution in [0.4, 0.5) is 0 Å². The van der Waals surface area contributed by atoms with Crippen molar-refractivity contribution in [2.24, 2.45) is 17.6 Å². The van der Waals surface area contributed by atoms with Gasteiger partial charge in [0, 0.05) is 16.9 Å². The van der Waals surface area contributed by atoms with Gasteiger partial charge in [0.15, 0.2) is 0 Å². The van der Waals surface area contributed by atoms with Crippen molar-refractivity contribution in [2.75, 3.05) is 6.61 Å². The molecule has 21 heavy (non-hydrogen) atoms. The van der Waals surface area contributed by atoms with Crippen molar-refractivity contribution in [3.05, 3.63) is 27.7 Å². The Morgan fingerprint density at radius 2 is 2.24 bits per heavy atom. The monoisotopic (exact) mass is 351 g/mol. The molecule has 2 aliphatic rings. The minimum atomic E-state index is 0.266. The molecule has 1 fully saturated rings. The molecule has 2 N–H and O–H groups in total. The summed E-state index contributed by atoms with van der Waals surface area (Å²) in [5.74, 6) is 2.68. The molecule has 1 aromatic rings. The summed E-state index contributed by atoms with van der Waals surface area (Å²) in [4.78, 5) is 0. The van der Waals surface area contributed by atoms with Gasteiger partial charge in [-0.2, -0.15) is 0 Å². The van der Waals surface area contributed by atoms with Crippen molar-refractivity contribution in [3.63, 3.8) is 0 Å². The van der Waals surface area contributed by atoms with Crippen LogP contribution in [0.15, 0.2) is 16.6 Å². The van der Waals surface area contributed by atoms with Gasteiger partial charge in [-0.3, -0.25) is 0 Å². The van der Waals surface area contributed by atoms with Crippen LogP contribution >= 0.6 is 15.9 Å². The summed E-state index contributed by atoms with van der Waals surface area (Å²) < 4.78 is 7.00. The van der Waals surface area contributed by atoms with Gasteiger partial charge in [0.25, 0.3) is 0 Å². The Balaban J connectivity index is 1.71. The predicted molar refractivity (Wildman–Crippen MR) is 90.8 cm³/mol. The van der Waals surface area contributed by atoms with Crippen molar-refractivity contribution in [2.45, 2.75) is 57.9 Å². The van der Waals surface area contributed by atoms with Gasteiger partial charge in [0.2, 0.25) is 0 Å². The highest BCUT2D eigenvalue weighted by atomic mass is 79.9. The number of hydrogen-bond donors (Lipinski definition) is 1. The molecule has 0 spiro atoms. The first-order valence-electron chi connectivity index (χ1n) is 8.37. The average Bonchev–Trinajstić information content (AvgIpc) is 2.95. The Bertz CT molecular complexity index is 502. The average molecular weight is 352 g/mol. The summed E-state index contributed by atoms with van der Waals surface area (Å²) in [7, 11) is 0. The number of nitrogens with two attached hydrogens (primary N) is 1. The Morgan fingerprint density at radius 1 is 1.38 bits per heavy atom. The zero-order chi connectivity index (χ0) is 14.8. The molecule has 1 aromatic carbocycles. The number of benzene rings is 1. The molecule has 3 heteroatoms. The number of hydrogen-bond acceptors (Lipinski definition) is 2. The zero-order valence-corrected chi connectivity index (χ0v) is 14.5. The molecule has 1 aliphatic carbocycles. The topological polar surface area (TPSA) is 35.2 Å². The first kappa shape index (κ1) is 15.4. The van der Waals surface area contributed by atoms with Gasteiger partial charge in [0.1, 0.15) is 5.75 Å². The maximum Gasteiger partial charge on any atom is 0.125 e. The van der Waals surface area contributed by atoms with E-state index < -0.39 is 0 Å². The van der Waals surface area contributed by atoms with Gasteiger partial charge in [-0.15, -0.1) is 0 Å². The molecular formula is C18H26BrNO. The summed E-state index contributed by atoms with van der Waals surface area (Å²) in [6.07, 6.45) is 8.64. The Labute approximate surface area is 136 Å². The minimum absolute atomic E-state index is 0.266. The second-order valence-electron chi connectivity index (χ2n) is 6.72. The maximum absolute atomic E-state index is 6.57. The molecule has 0 saturated heterocycles. The van der Waals surface area contributed by atoms with Gasteiger partial charge in [0.05, 0.1) is 6.61 Å². The van der Waals surface area contributed by atoms with Crippen LogP contribution in [-0.4, -0.2) is 12.6 Å². The van der Waals surface area contributed by atoms with Crippen LogP contribution in [0.1, 0.15) is 50.2 Å². The zero-order valence-electron chi connectivity index (χ0n) is 12.9. The number of halogens is 1. The lowest BCUT2D eigenvalue weighted by atomic mass is 9.76. The highest BCUT2D eigenvalue weighted by Gasteiger charge is 2.27. The molecule has 116 valence electrons. The number of rotatable bonds is 4.